The third-order valence-electron chi connectivity index (χ3n) is 3.24. The lowest BCUT2D eigenvalue weighted by Gasteiger charge is -2.07. The number of nitrogens with zero attached hydrogens (tertiary/aromatic N) is 1. The predicted octanol–water partition coefficient (Wildman–Crippen LogP) is 0.397. The molecule has 0 unspecified atom stereocenters. The van der Waals surface area contributed by atoms with Gasteiger partial charge in [0.2, 0.25) is 5.91 Å². The number of amides is 1. The Morgan fingerprint density at radius 3 is 2.60 bits per heavy atom. The van der Waals surface area contributed by atoms with Gasteiger partial charge in [-0.25, -0.2) is 0 Å². The minimum atomic E-state index is 0.104. The van der Waals surface area contributed by atoms with E-state index in [4.69, 9.17) is 10.9 Å². The second-order valence-corrected chi connectivity index (χ2v) is 4.92. The zero-order valence-corrected chi connectivity index (χ0v) is 11.3. The van der Waals surface area contributed by atoms with Gasteiger partial charge in [-0.1, -0.05) is 29.4 Å². The van der Waals surface area contributed by atoms with Crippen molar-refractivity contribution in [3.05, 3.63) is 35.4 Å². The largest absolute Gasteiger partial charge is 0.409 e. The molecule has 0 radical (unpaired) electrons. The number of amidine groups is 1. The highest BCUT2D eigenvalue weighted by atomic mass is 16.4. The number of carbonyl (C=O) groups is 1. The molecule has 1 aliphatic carbocycles. The number of oxime groups is 1. The van der Waals surface area contributed by atoms with Crippen molar-refractivity contribution in [3.63, 3.8) is 0 Å². The van der Waals surface area contributed by atoms with E-state index in [9.17, 15) is 4.79 Å². The molecule has 1 aromatic carbocycles. The molecule has 2 rings (SSSR count). The van der Waals surface area contributed by atoms with Crippen LogP contribution in [0.2, 0.25) is 0 Å². The number of nitrogens with one attached hydrogen (secondary N) is 2. The van der Waals surface area contributed by atoms with E-state index >= 15 is 0 Å². The minimum Gasteiger partial charge on any atom is -0.409 e. The van der Waals surface area contributed by atoms with E-state index in [1.807, 2.05) is 12.1 Å². The molecule has 1 aliphatic rings. The number of rotatable bonds is 7. The van der Waals surface area contributed by atoms with Crippen molar-refractivity contribution in [1.29, 1.82) is 0 Å². The SMILES string of the molecule is N/C(=N/O)c1ccc(CNCCNC(=O)C2CC2)cc1. The van der Waals surface area contributed by atoms with Gasteiger partial charge in [-0.2, -0.15) is 0 Å². The van der Waals surface area contributed by atoms with E-state index in [-0.39, 0.29) is 17.7 Å². The third-order valence-corrected chi connectivity index (χ3v) is 3.24. The summed E-state index contributed by atoms with van der Waals surface area (Å²) in [6, 6.07) is 7.45. The zero-order valence-electron chi connectivity index (χ0n) is 11.3. The van der Waals surface area contributed by atoms with Crippen LogP contribution < -0.4 is 16.4 Å². The maximum Gasteiger partial charge on any atom is 0.223 e. The summed E-state index contributed by atoms with van der Waals surface area (Å²) in [6.45, 7) is 2.10. The molecule has 0 atom stereocenters. The average Bonchev–Trinajstić information content (AvgIpc) is 3.31. The lowest BCUT2D eigenvalue weighted by molar-refractivity contribution is -0.122. The normalized spacial score (nSPS) is 15.1. The van der Waals surface area contributed by atoms with Crippen molar-refractivity contribution in [2.24, 2.45) is 16.8 Å². The van der Waals surface area contributed by atoms with Crippen LogP contribution in [-0.4, -0.2) is 30.0 Å². The second-order valence-electron chi connectivity index (χ2n) is 4.92. The molecular weight excluding hydrogens is 256 g/mol. The summed E-state index contributed by atoms with van der Waals surface area (Å²) >= 11 is 0. The Morgan fingerprint density at radius 1 is 1.30 bits per heavy atom. The van der Waals surface area contributed by atoms with Crippen LogP contribution in [0.5, 0.6) is 0 Å². The Balaban J connectivity index is 1.65. The molecule has 1 fully saturated rings. The highest BCUT2D eigenvalue weighted by molar-refractivity contribution is 5.96. The first-order valence-corrected chi connectivity index (χ1v) is 6.76. The lowest BCUT2D eigenvalue weighted by Crippen LogP contribution is -2.32. The highest BCUT2D eigenvalue weighted by Gasteiger charge is 2.28. The van der Waals surface area contributed by atoms with Crippen LogP contribution in [0.15, 0.2) is 29.4 Å². The van der Waals surface area contributed by atoms with E-state index in [1.165, 1.54) is 0 Å². The van der Waals surface area contributed by atoms with E-state index in [0.717, 1.165) is 31.5 Å². The summed E-state index contributed by atoms with van der Waals surface area (Å²) in [4.78, 5) is 11.4. The van der Waals surface area contributed by atoms with Gasteiger partial charge in [0.05, 0.1) is 0 Å². The van der Waals surface area contributed by atoms with Crippen LogP contribution >= 0.6 is 0 Å². The molecule has 0 aliphatic heterocycles. The summed E-state index contributed by atoms with van der Waals surface area (Å²) in [5.41, 5.74) is 7.28. The van der Waals surface area contributed by atoms with Gasteiger partial charge in [0.25, 0.3) is 0 Å². The minimum absolute atomic E-state index is 0.104. The first-order valence-electron chi connectivity index (χ1n) is 6.76. The Labute approximate surface area is 118 Å². The van der Waals surface area contributed by atoms with Gasteiger partial charge >= 0.3 is 0 Å². The Hall–Kier alpha value is -2.08. The van der Waals surface area contributed by atoms with Crippen LogP contribution in [0, 0.1) is 5.92 Å². The van der Waals surface area contributed by atoms with Gasteiger partial charge < -0.3 is 21.6 Å². The number of hydrogen-bond donors (Lipinski definition) is 4. The van der Waals surface area contributed by atoms with Crippen molar-refractivity contribution in [1.82, 2.24) is 10.6 Å². The smallest absolute Gasteiger partial charge is 0.223 e. The molecule has 108 valence electrons. The van der Waals surface area contributed by atoms with E-state index in [0.29, 0.717) is 12.1 Å². The predicted molar refractivity (Wildman–Crippen MR) is 76.4 cm³/mol. The quantitative estimate of drug-likeness (QED) is 0.190. The topological polar surface area (TPSA) is 99.7 Å². The van der Waals surface area contributed by atoms with Crippen molar-refractivity contribution < 1.29 is 10.0 Å². The second kappa shape index (κ2) is 6.91. The lowest BCUT2D eigenvalue weighted by atomic mass is 10.1. The van der Waals surface area contributed by atoms with Gasteiger partial charge in [-0.05, 0) is 18.4 Å². The van der Waals surface area contributed by atoms with Crippen LogP contribution in [0.4, 0.5) is 0 Å². The molecule has 6 heteroatoms. The first kappa shape index (κ1) is 14.3. The molecule has 0 spiro atoms. The van der Waals surface area contributed by atoms with Gasteiger partial charge in [0.1, 0.15) is 0 Å². The molecular formula is C14H20N4O2. The van der Waals surface area contributed by atoms with Gasteiger partial charge in [-0.3, -0.25) is 4.79 Å². The van der Waals surface area contributed by atoms with Crippen LogP contribution in [0.25, 0.3) is 0 Å². The fourth-order valence-electron chi connectivity index (χ4n) is 1.85. The van der Waals surface area contributed by atoms with Crippen LogP contribution in [0.1, 0.15) is 24.0 Å². The molecule has 20 heavy (non-hydrogen) atoms. The fourth-order valence-corrected chi connectivity index (χ4v) is 1.85. The standard InChI is InChI=1S/C14H20N4O2/c15-13(18-20)11-3-1-10(2-4-11)9-16-7-8-17-14(19)12-5-6-12/h1-4,12,16,20H,5-9H2,(H2,15,18)(H,17,19). The number of nitrogens with two attached hydrogens (primary N) is 1. The molecule has 1 saturated carbocycles. The van der Waals surface area contributed by atoms with Crippen LogP contribution in [-0.2, 0) is 11.3 Å². The fraction of sp³-hybridized carbons (Fsp3) is 0.429. The number of hydrogen-bond acceptors (Lipinski definition) is 4. The van der Waals surface area contributed by atoms with E-state index in [1.54, 1.807) is 12.1 Å². The Kier molecular flexibility index (Phi) is 4.95. The first-order chi connectivity index (χ1) is 9.70. The molecule has 0 aromatic heterocycles. The van der Waals surface area contributed by atoms with Crippen LogP contribution in [0.3, 0.4) is 0 Å². The summed E-state index contributed by atoms with van der Waals surface area (Å²) in [7, 11) is 0. The molecule has 0 bridgehead atoms. The molecule has 0 heterocycles. The summed E-state index contributed by atoms with van der Waals surface area (Å²) in [5, 5.41) is 17.7. The zero-order chi connectivity index (χ0) is 14.4. The summed E-state index contributed by atoms with van der Waals surface area (Å²) < 4.78 is 0. The Bertz CT molecular complexity index is 480. The molecule has 6 nitrogen and oxygen atoms in total. The van der Waals surface area contributed by atoms with Crippen molar-refractivity contribution >= 4 is 11.7 Å². The molecule has 0 saturated heterocycles. The average molecular weight is 276 g/mol. The number of benzene rings is 1. The summed E-state index contributed by atoms with van der Waals surface area (Å²) in [5.74, 6) is 0.545. The van der Waals surface area contributed by atoms with Gasteiger partial charge in [-0.15, -0.1) is 0 Å². The molecule has 1 aromatic rings. The maximum absolute atomic E-state index is 11.4. The van der Waals surface area contributed by atoms with Crippen molar-refractivity contribution in [3.8, 4) is 0 Å². The van der Waals surface area contributed by atoms with Crippen molar-refractivity contribution in [2.75, 3.05) is 13.1 Å². The van der Waals surface area contributed by atoms with E-state index in [2.05, 4.69) is 15.8 Å². The van der Waals surface area contributed by atoms with Gasteiger partial charge in [0, 0.05) is 31.1 Å². The van der Waals surface area contributed by atoms with E-state index < -0.39 is 0 Å². The third kappa shape index (κ3) is 4.24. The summed E-state index contributed by atoms with van der Waals surface area (Å²) in [6.07, 6.45) is 2.07. The van der Waals surface area contributed by atoms with Crippen molar-refractivity contribution in [2.45, 2.75) is 19.4 Å². The highest BCUT2D eigenvalue weighted by Crippen LogP contribution is 2.28. The maximum atomic E-state index is 11.4. The monoisotopic (exact) mass is 276 g/mol. The van der Waals surface area contributed by atoms with Gasteiger partial charge in [0.15, 0.2) is 5.84 Å². The number of carbonyl (C=O) groups excluding carboxylic acids is 1. The Morgan fingerprint density at radius 2 is 2.00 bits per heavy atom. The molecule has 5 N–H and O–H groups in total. The molecule has 1 amide bonds.